The van der Waals surface area contributed by atoms with Crippen molar-refractivity contribution in [3.63, 3.8) is 0 Å². The number of urea groups is 1. The molecule has 1 aliphatic carbocycles. The van der Waals surface area contributed by atoms with Crippen LogP contribution in [0.1, 0.15) is 25.3 Å². The fourth-order valence-electron chi connectivity index (χ4n) is 1.77. The molecule has 21 heavy (non-hydrogen) atoms. The van der Waals surface area contributed by atoms with Crippen LogP contribution < -0.4 is 10.6 Å². The molecular formula is C16H20N2O3. The van der Waals surface area contributed by atoms with Gasteiger partial charge in [0.05, 0.1) is 6.61 Å². The lowest BCUT2D eigenvalue weighted by Gasteiger charge is -2.07. The van der Waals surface area contributed by atoms with Gasteiger partial charge in [0.15, 0.2) is 0 Å². The Morgan fingerprint density at radius 2 is 2.00 bits per heavy atom. The van der Waals surface area contributed by atoms with Gasteiger partial charge < -0.3 is 15.4 Å². The second-order valence-corrected chi connectivity index (χ2v) is 4.99. The number of benzene rings is 1. The minimum Gasteiger partial charge on any atom is -0.463 e. The fraction of sp³-hybridized carbons (Fsp3) is 0.375. The van der Waals surface area contributed by atoms with Gasteiger partial charge >= 0.3 is 12.0 Å². The number of nitrogens with one attached hydrogen (secondary N) is 2. The molecule has 0 radical (unpaired) electrons. The molecule has 5 heteroatoms. The zero-order chi connectivity index (χ0) is 15.1. The van der Waals surface area contributed by atoms with Crippen molar-refractivity contribution in [3.05, 3.63) is 35.9 Å². The molecule has 2 N–H and O–H groups in total. The van der Waals surface area contributed by atoms with E-state index in [1.807, 2.05) is 12.1 Å². The first-order valence-corrected chi connectivity index (χ1v) is 7.17. The van der Waals surface area contributed by atoms with Gasteiger partial charge in [-0.2, -0.15) is 0 Å². The summed E-state index contributed by atoms with van der Waals surface area (Å²) >= 11 is 0. The summed E-state index contributed by atoms with van der Waals surface area (Å²) in [7, 11) is 0. The lowest BCUT2D eigenvalue weighted by Crippen LogP contribution is -2.30. The molecule has 0 spiro atoms. The highest BCUT2D eigenvalue weighted by Crippen LogP contribution is 2.27. The van der Waals surface area contributed by atoms with Crippen molar-refractivity contribution in [2.75, 3.05) is 18.5 Å². The van der Waals surface area contributed by atoms with Crippen LogP contribution in [-0.2, 0) is 9.53 Å². The van der Waals surface area contributed by atoms with Crippen LogP contribution >= 0.6 is 0 Å². The predicted molar refractivity (Wildman–Crippen MR) is 81.9 cm³/mol. The Bertz CT molecular complexity index is 519. The van der Waals surface area contributed by atoms with Crippen LogP contribution in [0.4, 0.5) is 10.5 Å². The van der Waals surface area contributed by atoms with Gasteiger partial charge in [-0.05, 0) is 49.5 Å². The van der Waals surface area contributed by atoms with E-state index in [4.69, 9.17) is 4.74 Å². The normalized spacial score (nSPS) is 14.0. The van der Waals surface area contributed by atoms with Crippen molar-refractivity contribution >= 4 is 23.8 Å². The third kappa shape index (κ3) is 5.69. The number of ether oxygens (including phenoxy) is 1. The average Bonchev–Trinajstić information content (AvgIpc) is 3.29. The van der Waals surface area contributed by atoms with E-state index in [1.165, 1.54) is 18.9 Å². The van der Waals surface area contributed by atoms with E-state index in [9.17, 15) is 9.59 Å². The molecule has 1 fully saturated rings. The Kier molecular flexibility index (Phi) is 5.37. The zero-order valence-corrected chi connectivity index (χ0v) is 12.1. The van der Waals surface area contributed by atoms with Gasteiger partial charge in [-0.3, -0.25) is 0 Å². The molecule has 0 atom stereocenters. The fourth-order valence-corrected chi connectivity index (χ4v) is 1.77. The summed E-state index contributed by atoms with van der Waals surface area (Å²) in [5, 5.41) is 5.61. The summed E-state index contributed by atoms with van der Waals surface area (Å²) in [5.74, 6) is 0.297. The highest BCUT2D eigenvalue weighted by atomic mass is 16.5. The van der Waals surface area contributed by atoms with Crippen LogP contribution in [0.2, 0.25) is 0 Å². The van der Waals surface area contributed by atoms with Crippen LogP contribution in [0.3, 0.4) is 0 Å². The third-order valence-corrected chi connectivity index (χ3v) is 3.12. The summed E-state index contributed by atoms with van der Waals surface area (Å²) in [6.07, 6.45) is 5.48. The minimum absolute atomic E-state index is 0.184. The molecular weight excluding hydrogens is 268 g/mol. The van der Waals surface area contributed by atoms with Crippen molar-refractivity contribution < 1.29 is 14.3 Å². The first-order chi connectivity index (χ1) is 10.2. The Morgan fingerprint density at radius 3 is 2.62 bits per heavy atom. The molecule has 5 nitrogen and oxygen atoms in total. The first kappa shape index (κ1) is 15.1. The van der Waals surface area contributed by atoms with E-state index in [1.54, 1.807) is 25.1 Å². The number of amides is 2. The van der Waals surface area contributed by atoms with E-state index in [2.05, 4.69) is 10.6 Å². The third-order valence-electron chi connectivity index (χ3n) is 3.12. The molecule has 0 unspecified atom stereocenters. The second-order valence-electron chi connectivity index (χ2n) is 4.99. The van der Waals surface area contributed by atoms with E-state index in [0.717, 1.165) is 17.8 Å². The molecule has 0 bridgehead atoms. The van der Waals surface area contributed by atoms with Crippen molar-refractivity contribution in [2.45, 2.75) is 19.8 Å². The zero-order valence-electron chi connectivity index (χ0n) is 12.1. The standard InChI is InChI=1S/C16H20N2O3/c1-2-21-15(19)10-7-12-5-8-14(9-6-12)18-16(20)17-11-13-3-4-13/h5-10,13H,2-4,11H2,1H3,(H2,17,18,20)/b10-7+. The quantitative estimate of drug-likeness (QED) is 0.625. The van der Waals surface area contributed by atoms with E-state index < -0.39 is 0 Å². The first-order valence-electron chi connectivity index (χ1n) is 7.17. The number of rotatable bonds is 6. The molecule has 0 saturated heterocycles. The minimum atomic E-state index is -0.362. The van der Waals surface area contributed by atoms with Crippen LogP contribution in [0.25, 0.3) is 6.08 Å². The maximum atomic E-state index is 11.6. The average molecular weight is 288 g/mol. The predicted octanol–water partition coefficient (Wildman–Crippen LogP) is 2.79. The summed E-state index contributed by atoms with van der Waals surface area (Å²) < 4.78 is 4.80. The van der Waals surface area contributed by atoms with Crippen molar-refractivity contribution in [3.8, 4) is 0 Å². The molecule has 1 saturated carbocycles. The number of esters is 1. The van der Waals surface area contributed by atoms with Gasteiger partial charge in [0.1, 0.15) is 0 Å². The van der Waals surface area contributed by atoms with Crippen molar-refractivity contribution in [1.82, 2.24) is 5.32 Å². The van der Waals surface area contributed by atoms with Gasteiger partial charge in [-0.25, -0.2) is 9.59 Å². The Hall–Kier alpha value is -2.30. The molecule has 2 rings (SSSR count). The van der Waals surface area contributed by atoms with Crippen LogP contribution in [0, 0.1) is 5.92 Å². The highest BCUT2D eigenvalue weighted by molar-refractivity contribution is 5.90. The second kappa shape index (κ2) is 7.47. The van der Waals surface area contributed by atoms with Gasteiger partial charge in [0.25, 0.3) is 0 Å². The van der Waals surface area contributed by atoms with Gasteiger partial charge in [-0.15, -0.1) is 0 Å². The number of hydrogen-bond acceptors (Lipinski definition) is 3. The number of carbonyl (C=O) groups is 2. The van der Waals surface area contributed by atoms with E-state index in [0.29, 0.717) is 12.5 Å². The molecule has 1 aliphatic rings. The van der Waals surface area contributed by atoms with Crippen LogP contribution in [0.5, 0.6) is 0 Å². The summed E-state index contributed by atoms with van der Waals surface area (Å²) in [5.41, 5.74) is 1.59. The van der Waals surface area contributed by atoms with E-state index >= 15 is 0 Å². The summed E-state index contributed by atoms with van der Waals surface area (Å²) in [4.78, 5) is 22.8. The lowest BCUT2D eigenvalue weighted by molar-refractivity contribution is -0.137. The maximum Gasteiger partial charge on any atom is 0.330 e. The van der Waals surface area contributed by atoms with E-state index in [-0.39, 0.29) is 12.0 Å². The number of carbonyl (C=O) groups excluding carboxylic acids is 2. The van der Waals surface area contributed by atoms with Gasteiger partial charge in [0.2, 0.25) is 0 Å². The van der Waals surface area contributed by atoms with Crippen LogP contribution in [0.15, 0.2) is 30.3 Å². The summed E-state index contributed by atoms with van der Waals surface area (Å²) in [6.45, 7) is 2.87. The van der Waals surface area contributed by atoms with Gasteiger partial charge in [-0.1, -0.05) is 12.1 Å². The van der Waals surface area contributed by atoms with Crippen LogP contribution in [-0.4, -0.2) is 25.2 Å². The molecule has 0 heterocycles. The SMILES string of the molecule is CCOC(=O)/C=C/c1ccc(NC(=O)NCC2CC2)cc1. The Morgan fingerprint density at radius 1 is 1.29 bits per heavy atom. The molecule has 1 aromatic rings. The Labute approximate surface area is 124 Å². The number of hydrogen-bond donors (Lipinski definition) is 2. The Balaban J connectivity index is 1.80. The van der Waals surface area contributed by atoms with Crippen molar-refractivity contribution in [2.24, 2.45) is 5.92 Å². The maximum absolute atomic E-state index is 11.6. The lowest BCUT2D eigenvalue weighted by atomic mass is 10.2. The summed E-state index contributed by atoms with van der Waals surface area (Å²) in [6, 6.07) is 7.05. The van der Waals surface area contributed by atoms with Gasteiger partial charge in [0, 0.05) is 18.3 Å². The molecule has 2 amide bonds. The highest BCUT2D eigenvalue weighted by Gasteiger charge is 2.21. The molecule has 112 valence electrons. The molecule has 0 aliphatic heterocycles. The topological polar surface area (TPSA) is 67.4 Å². The monoisotopic (exact) mass is 288 g/mol. The molecule has 1 aromatic carbocycles. The molecule has 0 aromatic heterocycles. The van der Waals surface area contributed by atoms with Crippen molar-refractivity contribution in [1.29, 1.82) is 0 Å². The largest absolute Gasteiger partial charge is 0.463 e. The smallest absolute Gasteiger partial charge is 0.330 e. The number of anilines is 1.